The van der Waals surface area contributed by atoms with E-state index in [0.29, 0.717) is 30.5 Å². The van der Waals surface area contributed by atoms with Gasteiger partial charge in [-0.15, -0.1) is 12.4 Å². The molecule has 7 heteroatoms. The zero-order chi connectivity index (χ0) is 18.2. The number of aromatic nitrogens is 2. The van der Waals surface area contributed by atoms with Gasteiger partial charge in [0.25, 0.3) is 5.91 Å². The number of carbonyl (C=O) groups is 1. The van der Waals surface area contributed by atoms with E-state index in [4.69, 9.17) is 0 Å². The van der Waals surface area contributed by atoms with Crippen LogP contribution in [-0.2, 0) is 24.9 Å². The van der Waals surface area contributed by atoms with E-state index in [1.165, 1.54) is 0 Å². The highest BCUT2D eigenvalue weighted by Crippen LogP contribution is 2.26. The molecule has 2 heterocycles. The molecule has 1 aliphatic heterocycles. The molecule has 0 spiro atoms. The lowest BCUT2D eigenvalue weighted by molar-refractivity contribution is 0.102. The van der Waals surface area contributed by atoms with Crippen molar-refractivity contribution < 1.29 is 9.18 Å². The van der Waals surface area contributed by atoms with E-state index >= 15 is 0 Å². The highest BCUT2D eigenvalue weighted by atomic mass is 35.5. The van der Waals surface area contributed by atoms with Gasteiger partial charge in [0, 0.05) is 6.54 Å². The van der Waals surface area contributed by atoms with Crippen LogP contribution >= 0.6 is 12.4 Å². The van der Waals surface area contributed by atoms with Gasteiger partial charge in [0.05, 0.1) is 28.7 Å². The SMILES string of the molecule is CCc1c(C(=O)Nc2ccc3c(c2F)CCNC3)cnn1C(C)(C)C.Cl. The monoisotopic (exact) mass is 380 g/mol. The Morgan fingerprint density at radius 2 is 2.12 bits per heavy atom. The van der Waals surface area contributed by atoms with Gasteiger partial charge in [-0.25, -0.2) is 4.39 Å². The number of amides is 1. The zero-order valence-electron chi connectivity index (χ0n) is 15.6. The van der Waals surface area contributed by atoms with Gasteiger partial charge in [-0.2, -0.15) is 5.10 Å². The quantitative estimate of drug-likeness (QED) is 0.854. The molecule has 2 aromatic rings. The number of anilines is 1. The molecule has 1 amide bonds. The van der Waals surface area contributed by atoms with Crippen LogP contribution in [0, 0.1) is 5.82 Å². The van der Waals surface area contributed by atoms with Gasteiger partial charge in [-0.3, -0.25) is 9.48 Å². The molecule has 0 fully saturated rings. The standard InChI is InChI=1S/C19H25FN4O.ClH/c1-5-16-14(11-22-24(16)19(2,3)4)18(25)23-15-7-6-12-10-21-9-8-13(12)17(15)20;/h6-7,11,21H,5,8-10H2,1-4H3,(H,23,25);1H. The second-order valence-corrected chi connectivity index (χ2v) is 7.39. The van der Waals surface area contributed by atoms with E-state index in [1.54, 1.807) is 12.3 Å². The molecule has 2 N–H and O–H groups in total. The van der Waals surface area contributed by atoms with Gasteiger partial charge < -0.3 is 10.6 Å². The fourth-order valence-electron chi connectivity index (χ4n) is 3.30. The van der Waals surface area contributed by atoms with Crippen molar-refractivity contribution in [1.82, 2.24) is 15.1 Å². The summed E-state index contributed by atoms with van der Waals surface area (Å²) in [6, 6.07) is 3.51. The molecule has 1 aromatic carbocycles. The molecule has 142 valence electrons. The van der Waals surface area contributed by atoms with Crippen LogP contribution in [0.4, 0.5) is 10.1 Å². The van der Waals surface area contributed by atoms with Gasteiger partial charge >= 0.3 is 0 Å². The summed E-state index contributed by atoms with van der Waals surface area (Å²) in [6.07, 6.45) is 2.88. The molecule has 0 aliphatic carbocycles. The van der Waals surface area contributed by atoms with Crippen molar-refractivity contribution in [3.63, 3.8) is 0 Å². The Labute approximate surface area is 159 Å². The molecule has 0 unspecified atom stereocenters. The van der Waals surface area contributed by atoms with Gasteiger partial charge in [-0.1, -0.05) is 13.0 Å². The van der Waals surface area contributed by atoms with Crippen LogP contribution in [0.5, 0.6) is 0 Å². The van der Waals surface area contributed by atoms with E-state index in [0.717, 1.165) is 17.8 Å². The van der Waals surface area contributed by atoms with Gasteiger partial charge in [0.15, 0.2) is 0 Å². The number of hydrogen-bond donors (Lipinski definition) is 2. The Bertz CT molecular complexity index is 811. The number of rotatable bonds is 3. The minimum Gasteiger partial charge on any atom is -0.319 e. The van der Waals surface area contributed by atoms with E-state index in [2.05, 4.69) is 15.7 Å². The molecule has 0 saturated heterocycles. The summed E-state index contributed by atoms with van der Waals surface area (Å²) in [7, 11) is 0. The van der Waals surface area contributed by atoms with Crippen molar-refractivity contribution in [1.29, 1.82) is 0 Å². The summed E-state index contributed by atoms with van der Waals surface area (Å²) >= 11 is 0. The third kappa shape index (κ3) is 3.76. The van der Waals surface area contributed by atoms with Crippen LogP contribution in [0.1, 0.15) is 54.9 Å². The van der Waals surface area contributed by atoms with Crippen LogP contribution in [0.3, 0.4) is 0 Å². The molecule has 0 saturated carbocycles. The summed E-state index contributed by atoms with van der Waals surface area (Å²) in [4.78, 5) is 12.7. The highest BCUT2D eigenvalue weighted by molar-refractivity contribution is 6.05. The molecule has 0 atom stereocenters. The molecule has 3 rings (SSSR count). The van der Waals surface area contributed by atoms with Crippen molar-refractivity contribution in [3.8, 4) is 0 Å². The summed E-state index contributed by atoms with van der Waals surface area (Å²) in [6.45, 7) is 9.52. The average molecular weight is 381 g/mol. The van der Waals surface area contributed by atoms with Gasteiger partial charge in [-0.05, 0) is 57.4 Å². The summed E-state index contributed by atoms with van der Waals surface area (Å²) in [5.74, 6) is -0.645. The lowest BCUT2D eigenvalue weighted by atomic mass is 9.99. The van der Waals surface area contributed by atoms with Crippen LogP contribution in [-0.4, -0.2) is 22.2 Å². The average Bonchev–Trinajstić information content (AvgIpc) is 3.02. The van der Waals surface area contributed by atoms with E-state index < -0.39 is 0 Å². The summed E-state index contributed by atoms with van der Waals surface area (Å²) < 4.78 is 16.6. The number of nitrogens with one attached hydrogen (secondary N) is 2. The maximum absolute atomic E-state index is 14.7. The van der Waals surface area contributed by atoms with Gasteiger partial charge in [0.1, 0.15) is 5.82 Å². The van der Waals surface area contributed by atoms with Crippen molar-refractivity contribution in [3.05, 3.63) is 46.5 Å². The fourth-order valence-corrected chi connectivity index (χ4v) is 3.30. The van der Waals surface area contributed by atoms with Crippen molar-refractivity contribution in [2.45, 2.75) is 52.6 Å². The normalized spacial score (nSPS) is 13.7. The maximum Gasteiger partial charge on any atom is 0.259 e. The molecular formula is C19H26ClFN4O. The first-order valence-electron chi connectivity index (χ1n) is 8.72. The fraction of sp³-hybridized carbons (Fsp3) is 0.474. The molecule has 0 bridgehead atoms. The maximum atomic E-state index is 14.7. The lowest BCUT2D eigenvalue weighted by Crippen LogP contribution is -2.26. The second kappa shape index (κ2) is 7.76. The van der Waals surface area contributed by atoms with Crippen molar-refractivity contribution in [2.24, 2.45) is 0 Å². The lowest BCUT2D eigenvalue weighted by Gasteiger charge is -2.22. The van der Waals surface area contributed by atoms with Crippen LogP contribution in [0.2, 0.25) is 0 Å². The summed E-state index contributed by atoms with van der Waals surface area (Å²) in [5.41, 5.74) is 3.02. The third-order valence-electron chi connectivity index (χ3n) is 4.54. The third-order valence-corrected chi connectivity index (χ3v) is 4.54. The molecule has 0 radical (unpaired) electrons. The van der Waals surface area contributed by atoms with Crippen LogP contribution in [0.25, 0.3) is 0 Å². The Morgan fingerprint density at radius 3 is 2.77 bits per heavy atom. The van der Waals surface area contributed by atoms with Crippen molar-refractivity contribution >= 4 is 24.0 Å². The molecular weight excluding hydrogens is 355 g/mol. The Hall–Kier alpha value is -1.92. The number of nitrogens with zero attached hydrogens (tertiary/aromatic N) is 2. The first kappa shape index (κ1) is 20.4. The van der Waals surface area contributed by atoms with Crippen molar-refractivity contribution in [2.75, 3.05) is 11.9 Å². The Kier molecular flexibility index (Phi) is 6.09. The molecule has 5 nitrogen and oxygen atoms in total. The molecule has 26 heavy (non-hydrogen) atoms. The number of carbonyl (C=O) groups excluding carboxylic acids is 1. The van der Waals surface area contributed by atoms with Gasteiger partial charge in [0.2, 0.25) is 0 Å². The highest BCUT2D eigenvalue weighted by Gasteiger charge is 2.24. The predicted molar refractivity (Wildman–Crippen MR) is 104 cm³/mol. The van der Waals surface area contributed by atoms with Crippen LogP contribution < -0.4 is 10.6 Å². The number of hydrogen-bond acceptors (Lipinski definition) is 3. The topological polar surface area (TPSA) is 59.0 Å². The second-order valence-electron chi connectivity index (χ2n) is 7.39. The Morgan fingerprint density at radius 1 is 1.38 bits per heavy atom. The van der Waals surface area contributed by atoms with E-state index in [-0.39, 0.29) is 35.4 Å². The minimum absolute atomic E-state index is 0. The zero-order valence-corrected chi connectivity index (χ0v) is 16.5. The molecule has 1 aromatic heterocycles. The Balaban J connectivity index is 0.00000243. The van der Waals surface area contributed by atoms with E-state index in [9.17, 15) is 9.18 Å². The van der Waals surface area contributed by atoms with Crippen LogP contribution in [0.15, 0.2) is 18.3 Å². The minimum atomic E-state index is -0.325. The smallest absolute Gasteiger partial charge is 0.259 e. The number of halogens is 2. The predicted octanol–water partition coefficient (Wildman–Crippen LogP) is 3.66. The molecule has 1 aliphatic rings. The first-order chi connectivity index (χ1) is 11.8. The van der Waals surface area contributed by atoms with E-state index in [1.807, 2.05) is 38.4 Å². The summed E-state index contributed by atoms with van der Waals surface area (Å²) in [5, 5.41) is 10.3. The number of benzene rings is 1. The largest absolute Gasteiger partial charge is 0.319 e. The first-order valence-corrected chi connectivity index (χ1v) is 8.72. The number of fused-ring (bicyclic) bond motifs is 1.